The molecule has 0 bridgehead atoms. The van der Waals surface area contributed by atoms with Crippen LogP contribution in [0.15, 0.2) is 48.8 Å². The zero-order chi connectivity index (χ0) is 13.3. The Morgan fingerprint density at radius 2 is 2.00 bits per heavy atom. The fourth-order valence-electron chi connectivity index (χ4n) is 1.56. The normalized spacial score (nSPS) is 10.4. The first-order valence-corrected chi connectivity index (χ1v) is 7.73. The molecule has 100 valence electrons. The third-order valence-corrected chi connectivity index (χ3v) is 3.87. The third kappa shape index (κ3) is 5.53. The summed E-state index contributed by atoms with van der Waals surface area (Å²) in [5, 5.41) is 0.736. The fraction of sp³-hybridized carbons (Fsp3) is 0.267. The van der Waals surface area contributed by atoms with Gasteiger partial charge in [0, 0.05) is 23.2 Å². The zero-order valence-corrected chi connectivity index (χ0v) is 12.2. The van der Waals surface area contributed by atoms with E-state index in [1.807, 2.05) is 48.3 Å². The molecule has 0 atom stereocenters. The van der Waals surface area contributed by atoms with Crippen molar-refractivity contribution in [1.82, 2.24) is 4.98 Å². The van der Waals surface area contributed by atoms with Crippen LogP contribution < -0.4 is 4.74 Å². The lowest BCUT2D eigenvalue weighted by Crippen LogP contribution is -1.98. The predicted molar refractivity (Wildman–Crippen MR) is 82.0 cm³/mol. The summed E-state index contributed by atoms with van der Waals surface area (Å²) in [6.45, 7) is 0.738. The van der Waals surface area contributed by atoms with Gasteiger partial charge >= 0.3 is 0 Å². The van der Waals surface area contributed by atoms with E-state index in [0.717, 1.165) is 35.3 Å². The number of hydrogen-bond donors (Lipinski definition) is 0. The van der Waals surface area contributed by atoms with Crippen molar-refractivity contribution in [3.8, 4) is 5.75 Å². The Bertz CT molecular complexity index is 475. The first-order chi connectivity index (χ1) is 9.34. The quantitative estimate of drug-likeness (QED) is 0.705. The molecule has 4 heteroatoms. The van der Waals surface area contributed by atoms with E-state index in [1.54, 1.807) is 6.20 Å². The molecule has 1 aromatic heterocycles. The molecule has 0 aliphatic heterocycles. The predicted octanol–water partition coefficient (Wildman–Crippen LogP) is 4.44. The molecule has 0 unspecified atom stereocenters. The van der Waals surface area contributed by atoms with Crippen molar-refractivity contribution in [3.63, 3.8) is 0 Å². The van der Waals surface area contributed by atoms with Crippen molar-refractivity contribution in [1.29, 1.82) is 0 Å². The number of rotatable bonds is 7. The Morgan fingerprint density at radius 1 is 1.16 bits per heavy atom. The maximum atomic E-state index is 5.81. The van der Waals surface area contributed by atoms with Gasteiger partial charge in [-0.2, -0.15) is 11.8 Å². The summed E-state index contributed by atoms with van der Waals surface area (Å²) in [5.41, 5.74) is 1.27. The van der Waals surface area contributed by atoms with Gasteiger partial charge in [0.1, 0.15) is 5.75 Å². The lowest BCUT2D eigenvalue weighted by Gasteiger charge is -2.06. The van der Waals surface area contributed by atoms with Crippen LogP contribution in [0.1, 0.15) is 12.0 Å². The number of halogens is 1. The Morgan fingerprint density at radius 3 is 2.74 bits per heavy atom. The lowest BCUT2D eigenvalue weighted by atomic mass is 10.3. The third-order valence-electron chi connectivity index (χ3n) is 2.51. The van der Waals surface area contributed by atoms with Crippen molar-refractivity contribution >= 4 is 23.4 Å². The first-order valence-electron chi connectivity index (χ1n) is 6.19. The molecule has 0 aliphatic carbocycles. The van der Waals surface area contributed by atoms with Crippen LogP contribution in [0.5, 0.6) is 5.75 Å². The molecule has 0 spiro atoms. The summed E-state index contributed by atoms with van der Waals surface area (Å²) in [7, 11) is 0. The topological polar surface area (TPSA) is 22.1 Å². The molecule has 1 heterocycles. The molecule has 2 nitrogen and oxygen atoms in total. The van der Waals surface area contributed by atoms with E-state index in [9.17, 15) is 0 Å². The summed E-state index contributed by atoms with van der Waals surface area (Å²) < 4.78 is 5.63. The maximum Gasteiger partial charge on any atom is 0.119 e. The van der Waals surface area contributed by atoms with Gasteiger partial charge in [-0.05, 0) is 48.1 Å². The van der Waals surface area contributed by atoms with Crippen molar-refractivity contribution in [2.45, 2.75) is 12.2 Å². The van der Waals surface area contributed by atoms with Crippen LogP contribution in [0.2, 0.25) is 5.02 Å². The van der Waals surface area contributed by atoms with Crippen LogP contribution in [-0.2, 0) is 5.75 Å². The lowest BCUT2D eigenvalue weighted by molar-refractivity contribution is 0.318. The zero-order valence-electron chi connectivity index (χ0n) is 10.6. The average Bonchev–Trinajstić information content (AvgIpc) is 2.46. The van der Waals surface area contributed by atoms with Gasteiger partial charge in [-0.25, -0.2) is 0 Å². The molecule has 0 amide bonds. The molecule has 19 heavy (non-hydrogen) atoms. The highest BCUT2D eigenvalue weighted by Gasteiger charge is 1.96. The standard InChI is InChI=1S/C15H16ClNOS/c16-14-4-6-15(7-5-14)18-9-2-10-19-12-13-3-1-8-17-11-13/h1,3-8,11H,2,9-10,12H2. The molecule has 2 rings (SSSR count). The highest BCUT2D eigenvalue weighted by atomic mass is 35.5. The number of thioether (sulfide) groups is 1. The molecule has 0 saturated heterocycles. The Kier molecular flexibility index (Phi) is 6.05. The summed E-state index contributed by atoms with van der Waals surface area (Å²) in [5.74, 6) is 2.97. The van der Waals surface area contributed by atoms with Crippen molar-refractivity contribution in [3.05, 3.63) is 59.4 Å². The van der Waals surface area contributed by atoms with E-state index in [1.165, 1.54) is 5.56 Å². The summed E-state index contributed by atoms with van der Waals surface area (Å²) >= 11 is 7.71. The molecular weight excluding hydrogens is 278 g/mol. The highest BCUT2D eigenvalue weighted by molar-refractivity contribution is 7.98. The second-order valence-electron chi connectivity index (χ2n) is 4.07. The highest BCUT2D eigenvalue weighted by Crippen LogP contribution is 2.16. The average molecular weight is 294 g/mol. The number of ether oxygens (including phenoxy) is 1. The van der Waals surface area contributed by atoms with Gasteiger partial charge in [0.15, 0.2) is 0 Å². The van der Waals surface area contributed by atoms with Crippen LogP contribution in [0.4, 0.5) is 0 Å². The second kappa shape index (κ2) is 8.08. The summed E-state index contributed by atoms with van der Waals surface area (Å²) in [6.07, 6.45) is 4.75. The van der Waals surface area contributed by atoms with E-state index in [2.05, 4.69) is 11.1 Å². The van der Waals surface area contributed by atoms with Gasteiger partial charge < -0.3 is 4.74 Å². The van der Waals surface area contributed by atoms with E-state index in [0.29, 0.717) is 0 Å². The number of pyridine rings is 1. The van der Waals surface area contributed by atoms with Gasteiger partial charge in [-0.15, -0.1) is 0 Å². The van der Waals surface area contributed by atoms with E-state index >= 15 is 0 Å². The second-order valence-corrected chi connectivity index (χ2v) is 5.61. The molecule has 2 aromatic rings. The number of aromatic nitrogens is 1. The number of nitrogens with zero attached hydrogens (tertiary/aromatic N) is 1. The summed E-state index contributed by atoms with van der Waals surface area (Å²) in [4.78, 5) is 4.10. The van der Waals surface area contributed by atoms with Crippen LogP contribution in [0.3, 0.4) is 0 Å². The van der Waals surface area contributed by atoms with Gasteiger partial charge in [0.05, 0.1) is 6.61 Å². The molecule has 1 aromatic carbocycles. The molecule has 0 aliphatic rings. The maximum absolute atomic E-state index is 5.81. The van der Waals surface area contributed by atoms with E-state index in [4.69, 9.17) is 16.3 Å². The van der Waals surface area contributed by atoms with Gasteiger partial charge in [0.25, 0.3) is 0 Å². The summed E-state index contributed by atoms with van der Waals surface area (Å²) in [6, 6.07) is 11.5. The van der Waals surface area contributed by atoms with Crippen LogP contribution in [-0.4, -0.2) is 17.3 Å². The van der Waals surface area contributed by atoms with Crippen LogP contribution >= 0.6 is 23.4 Å². The molecular formula is C15H16ClNOS. The molecule has 0 fully saturated rings. The first kappa shape index (κ1) is 14.2. The monoisotopic (exact) mass is 293 g/mol. The molecule has 0 radical (unpaired) electrons. The molecule has 0 N–H and O–H groups in total. The minimum atomic E-state index is 0.736. The van der Waals surface area contributed by atoms with Crippen molar-refractivity contribution in [2.24, 2.45) is 0 Å². The SMILES string of the molecule is Clc1ccc(OCCCSCc2cccnc2)cc1. The van der Waals surface area contributed by atoms with Crippen LogP contribution in [0, 0.1) is 0 Å². The number of benzene rings is 1. The van der Waals surface area contributed by atoms with Gasteiger partial charge in [-0.3, -0.25) is 4.98 Å². The van der Waals surface area contributed by atoms with Crippen molar-refractivity contribution < 1.29 is 4.74 Å². The smallest absolute Gasteiger partial charge is 0.119 e. The van der Waals surface area contributed by atoms with Gasteiger partial charge in [-0.1, -0.05) is 17.7 Å². The fourth-order valence-corrected chi connectivity index (χ4v) is 2.55. The van der Waals surface area contributed by atoms with Gasteiger partial charge in [0.2, 0.25) is 0 Å². The number of hydrogen-bond acceptors (Lipinski definition) is 3. The van der Waals surface area contributed by atoms with Crippen LogP contribution in [0.25, 0.3) is 0 Å². The Hall–Kier alpha value is -1.19. The largest absolute Gasteiger partial charge is 0.494 e. The minimum Gasteiger partial charge on any atom is -0.494 e. The van der Waals surface area contributed by atoms with E-state index < -0.39 is 0 Å². The molecule has 0 saturated carbocycles. The Labute approximate surface area is 123 Å². The minimum absolute atomic E-state index is 0.736. The van der Waals surface area contributed by atoms with Crippen molar-refractivity contribution in [2.75, 3.05) is 12.4 Å². The Balaban J connectivity index is 1.56. The van der Waals surface area contributed by atoms with E-state index in [-0.39, 0.29) is 0 Å².